The van der Waals surface area contributed by atoms with Crippen LogP contribution >= 0.6 is 0 Å². The Labute approximate surface area is 166 Å². The van der Waals surface area contributed by atoms with Crippen LogP contribution < -0.4 is 0 Å². The first-order valence-corrected chi connectivity index (χ1v) is 10.4. The van der Waals surface area contributed by atoms with Crippen molar-refractivity contribution in [3.05, 3.63) is 30.5 Å². The number of carbonyl (C=O) groups is 1. The van der Waals surface area contributed by atoms with Crippen LogP contribution in [0, 0.1) is 11.8 Å². The number of hydrogen-bond acceptors (Lipinski definition) is 5. The van der Waals surface area contributed by atoms with Gasteiger partial charge < -0.3 is 14.4 Å². The SMILES string of the molecule is CN1CCC(C(=O)N2CCC(Cc3cnc(-c4nccn4C)cn3)CC2)CC1. The number of hydrogen-bond donors (Lipinski definition) is 0. The molecule has 0 aliphatic carbocycles. The highest BCUT2D eigenvalue weighted by Crippen LogP contribution is 2.25. The van der Waals surface area contributed by atoms with Crippen molar-refractivity contribution in [3.63, 3.8) is 0 Å². The second kappa shape index (κ2) is 8.39. The topological polar surface area (TPSA) is 67.2 Å². The fourth-order valence-electron chi connectivity index (χ4n) is 4.36. The molecule has 150 valence electrons. The lowest BCUT2D eigenvalue weighted by Crippen LogP contribution is -2.45. The van der Waals surface area contributed by atoms with Gasteiger partial charge in [-0.25, -0.2) is 9.97 Å². The average Bonchev–Trinajstić information content (AvgIpc) is 3.15. The Kier molecular flexibility index (Phi) is 5.71. The lowest BCUT2D eigenvalue weighted by molar-refractivity contribution is -0.138. The number of amides is 1. The summed E-state index contributed by atoms with van der Waals surface area (Å²) >= 11 is 0. The van der Waals surface area contributed by atoms with E-state index in [0.29, 0.717) is 11.8 Å². The molecule has 0 bridgehead atoms. The molecule has 4 heterocycles. The maximum absolute atomic E-state index is 12.8. The third-order valence-electron chi connectivity index (χ3n) is 6.25. The molecule has 2 saturated heterocycles. The summed E-state index contributed by atoms with van der Waals surface area (Å²) in [5.74, 6) is 2.03. The van der Waals surface area contributed by atoms with Crippen LogP contribution in [0.15, 0.2) is 24.8 Å². The molecule has 7 nitrogen and oxygen atoms in total. The number of aromatic nitrogens is 4. The molecule has 0 atom stereocenters. The smallest absolute Gasteiger partial charge is 0.225 e. The van der Waals surface area contributed by atoms with Crippen molar-refractivity contribution >= 4 is 5.91 Å². The van der Waals surface area contributed by atoms with E-state index in [1.807, 2.05) is 30.2 Å². The Bertz CT molecular complexity index is 785. The summed E-state index contributed by atoms with van der Waals surface area (Å²) in [5, 5.41) is 0. The molecule has 7 heteroatoms. The zero-order chi connectivity index (χ0) is 19.5. The van der Waals surface area contributed by atoms with Crippen LogP contribution in [-0.2, 0) is 18.3 Å². The summed E-state index contributed by atoms with van der Waals surface area (Å²) < 4.78 is 1.95. The van der Waals surface area contributed by atoms with Gasteiger partial charge in [0.05, 0.1) is 11.9 Å². The van der Waals surface area contributed by atoms with Gasteiger partial charge in [-0.1, -0.05) is 0 Å². The van der Waals surface area contributed by atoms with E-state index in [4.69, 9.17) is 0 Å². The maximum Gasteiger partial charge on any atom is 0.225 e. The molecule has 2 aromatic heterocycles. The standard InChI is InChI=1S/C21H30N6O/c1-25-8-5-17(6-9-25)21(28)27-10-3-16(4-11-27)13-18-14-24-19(15-23-18)20-22-7-12-26(20)2/h7,12,14-17H,3-6,8-11,13H2,1-2H3. The van der Waals surface area contributed by atoms with Crippen LogP contribution in [0.4, 0.5) is 0 Å². The van der Waals surface area contributed by atoms with E-state index in [-0.39, 0.29) is 5.92 Å². The molecule has 0 radical (unpaired) electrons. The monoisotopic (exact) mass is 382 g/mol. The quantitative estimate of drug-likeness (QED) is 0.809. The minimum absolute atomic E-state index is 0.234. The zero-order valence-electron chi connectivity index (χ0n) is 16.9. The number of aryl methyl sites for hydroxylation is 1. The van der Waals surface area contributed by atoms with Crippen molar-refractivity contribution in [3.8, 4) is 11.5 Å². The number of likely N-dealkylation sites (tertiary alicyclic amines) is 2. The van der Waals surface area contributed by atoms with E-state index in [2.05, 4.69) is 31.8 Å². The van der Waals surface area contributed by atoms with Crippen LogP contribution in [0.3, 0.4) is 0 Å². The van der Waals surface area contributed by atoms with E-state index >= 15 is 0 Å². The van der Waals surface area contributed by atoms with Gasteiger partial charge in [0.15, 0.2) is 5.82 Å². The summed E-state index contributed by atoms with van der Waals surface area (Å²) in [7, 11) is 4.09. The number of imidazole rings is 1. The van der Waals surface area contributed by atoms with Gasteiger partial charge in [0, 0.05) is 44.6 Å². The largest absolute Gasteiger partial charge is 0.342 e. The molecule has 2 aromatic rings. The van der Waals surface area contributed by atoms with E-state index in [0.717, 1.165) is 75.5 Å². The Morgan fingerprint density at radius 3 is 2.36 bits per heavy atom. The van der Waals surface area contributed by atoms with Crippen LogP contribution in [0.5, 0.6) is 0 Å². The van der Waals surface area contributed by atoms with Gasteiger partial charge in [0.2, 0.25) is 5.91 Å². The summed E-state index contributed by atoms with van der Waals surface area (Å²) in [6.07, 6.45) is 12.4. The third-order valence-corrected chi connectivity index (χ3v) is 6.25. The highest BCUT2D eigenvalue weighted by Gasteiger charge is 2.30. The summed E-state index contributed by atoms with van der Waals surface area (Å²) in [4.78, 5) is 30.7. The van der Waals surface area contributed by atoms with Crippen molar-refractivity contribution in [2.45, 2.75) is 32.1 Å². The molecule has 2 fully saturated rings. The molecular weight excluding hydrogens is 352 g/mol. The highest BCUT2D eigenvalue weighted by atomic mass is 16.2. The Balaban J connectivity index is 1.27. The van der Waals surface area contributed by atoms with Crippen LogP contribution in [0.25, 0.3) is 11.5 Å². The number of carbonyl (C=O) groups excluding carboxylic acids is 1. The first-order chi connectivity index (χ1) is 13.6. The molecule has 0 saturated carbocycles. The second-order valence-corrected chi connectivity index (χ2v) is 8.31. The number of nitrogens with zero attached hydrogens (tertiary/aromatic N) is 6. The predicted octanol–water partition coefficient (Wildman–Crippen LogP) is 2.00. The predicted molar refractivity (Wildman–Crippen MR) is 107 cm³/mol. The maximum atomic E-state index is 12.8. The van der Waals surface area contributed by atoms with Crippen molar-refractivity contribution in [1.29, 1.82) is 0 Å². The lowest BCUT2D eigenvalue weighted by atomic mass is 9.90. The molecule has 2 aliphatic heterocycles. The van der Waals surface area contributed by atoms with Crippen molar-refractivity contribution < 1.29 is 4.79 Å². The molecule has 0 aromatic carbocycles. The molecule has 1 amide bonds. The van der Waals surface area contributed by atoms with E-state index < -0.39 is 0 Å². The molecule has 2 aliphatic rings. The first kappa shape index (κ1) is 19.1. The van der Waals surface area contributed by atoms with Gasteiger partial charge in [-0.05, 0) is 58.2 Å². The van der Waals surface area contributed by atoms with E-state index in [9.17, 15) is 4.79 Å². The molecule has 0 spiro atoms. The number of piperidine rings is 2. The minimum atomic E-state index is 0.234. The van der Waals surface area contributed by atoms with E-state index in [1.165, 1.54) is 0 Å². The molecule has 0 unspecified atom stereocenters. The molecule has 28 heavy (non-hydrogen) atoms. The molecule has 0 N–H and O–H groups in total. The average molecular weight is 383 g/mol. The van der Waals surface area contributed by atoms with Crippen molar-refractivity contribution in [2.75, 3.05) is 33.2 Å². The minimum Gasteiger partial charge on any atom is -0.342 e. The normalized spacial score (nSPS) is 19.9. The number of rotatable bonds is 4. The Hall–Kier alpha value is -2.28. The summed E-state index contributed by atoms with van der Waals surface area (Å²) in [5.41, 5.74) is 1.83. The fraction of sp³-hybridized carbons (Fsp3) is 0.619. The third kappa shape index (κ3) is 4.24. The van der Waals surface area contributed by atoms with Gasteiger partial charge >= 0.3 is 0 Å². The van der Waals surface area contributed by atoms with E-state index in [1.54, 1.807) is 6.20 Å². The second-order valence-electron chi connectivity index (χ2n) is 8.31. The van der Waals surface area contributed by atoms with Gasteiger partial charge in [-0.2, -0.15) is 0 Å². The Morgan fingerprint density at radius 2 is 1.75 bits per heavy atom. The zero-order valence-corrected chi connectivity index (χ0v) is 16.9. The molecule has 4 rings (SSSR count). The van der Waals surface area contributed by atoms with Crippen LogP contribution in [0.2, 0.25) is 0 Å². The fourth-order valence-corrected chi connectivity index (χ4v) is 4.36. The first-order valence-electron chi connectivity index (χ1n) is 10.4. The molecular formula is C21H30N6O. The van der Waals surface area contributed by atoms with Gasteiger partial charge in [-0.3, -0.25) is 9.78 Å². The summed E-state index contributed by atoms with van der Waals surface area (Å²) in [6.45, 7) is 3.85. The van der Waals surface area contributed by atoms with Gasteiger partial charge in [0.1, 0.15) is 5.69 Å². The van der Waals surface area contributed by atoms with Crippen molar-refractivity contribution in [1.82, 2.24) is 29.3 Å². The van der Waals surface area contributed by atoms with Crippen LogP contribution in [0.1, 0.15) is 31.4 Å². The van der Waals surface area contributed by atoms with Gasteiger partial charge in [-0.15, -0.1) is 0 Å². The van der Waals surface area contributed by atoms with Crippen LogP contribution in [-0.4, -0.2) is 68.5 Å². The Morgan fingerprint density at radius 1 is 1.00 bits per heavy atom. The van der Waals surface area contributed by atoms with Crippen molar-refractivity contribution in [2.24, 2.45) is 18.9 Å². The summed E-state index contributed by atoms with van der Waals surface area (Å²) in [6, 6.07) is 0. The lowest BCUT2D eigenvalue weighted by Gasteiger charge is -2.36. The highest BCUT2D eigenvalue weighted by molar-refractivity contribution is 5.79. The van der Waals surface area contributed by atoms with Gasteiger partial charge in [0.25, 0.3) is 0 Å².